The molecule has 0 aliphatic rings. The van der Waals surface area contributed by atoms with Crippen molar-refractivity contribution in [3.05, 3.63) is 47.1 Å². The third kappa shape index (κ3) is 2.88. The first-order valence-corrected chi connectivity index (χ1v) is 7.50. The predicted molar refractivity (Wildman–Crippen MR) is 71.1 cm³/mol. The zero-order valence-electron chi connectivity index (χ0n) is 11.3. The number of hydrogen-bond donors (Lipinski definition) is 1. The molecular weight excluding hydrogens is 283 g/mol. The number of halogens is 1. The Hall–Kier alpha value is -1.73. The van der Waals surface area contributed by atoms with E-state index < -0.39 is 16.1 Å². The Bertz CT molecular complexity index is 688. The summed E-state index contributed by atoms with van der Waals surface area (Å²) in [7, 11) is -3.74. The lowest BCUT2D eigenvalue weighted by atomic mass is 10.1. The van der Waals surface area contributed by atoms with E-state index in [0.717, 1.165) is 0 Å². The van der Waals surface area contributed by atoms with E-state index in [0.29, 0.717) is 11.3 Å². The van der Waals surface area contributed by atoms with Crippen LogP contribution in [0.15, 0.2) is 33.7 Å². The second-order valence-electron chi connectivity index (χ2n) is 4.55. The van der Waals surface area contributed by atoms with E-state index in [4.69, 9.17) is 4.52 Å². The van der Waals surface area contributed by atoms with E-state index in [-0.39, 0.29) is 16.5 Å². The lowest BCUT2D eigenvalue weighted by Gasteiger charge is -2.14. The van der Waals surface area contributed by atoms with Crippen molar-refractivity contribution in [1.82, 2.24) is 9.88 Å². The number of aromatic nitrogens is 1. The van der Waals surface area contributed by atoms with Crippen LogP contribution in [-0.2, 0) is 10.0 Å². The summed E-state index contributed by atoms with van der Waals surface area (Å²) in [5.74, 6) is -0.129. The van der Waals surface area contributed by atoms with Gasteiger partial charge in [0.15, 0.2) is 5.76 Å². The van der Waals surface area contributed by atoms with Crippen LogP contribution in [0.5, 0.6) is 0 Å². The highest BCUT2D eigenvalue weighted by molar-refractivity contribution is 7.89. The third-order valence-corrected chi connectivity index (χ3v) is 4.72. The largest absolute Gasteiger partial charge is 0.360 e. The summed E-state index contributed by atoms with van der Waals surface area (Å²) < 4.78 is 44.9. The fourth-order valence-corrected chi connectivity index (χ4v) is 3.53. The topological polar surface area (TPSA) is 72.2 Å². The van der Waals surface area contributed by atoms with Crippen molar-refractivity contribution >= 4 is 10.0 Å². The molecule has 2 aromatic rings. The van der Waals surface area contributed by atoms with Crippen molar-refractivity contribution < 1.29 is 17.3 Å². The first kappa shape index (κ1) is 14.7. The molecule has 0 saturated carbocycles. The minimum absolute atomic E-state index is 0.0476. The Balaban J connectivity index is 2.27. The molecule has 0 amide bonds. The Morgan fingerprint density at radius 1 is 1.25 bits per heavy atom. The molecule has 0 radical (unpaired) electrons. The van der Waals surface area contributed by atoms with Crippen LogP contribution in [0.1, 0.15) is 30.0 Å². The molecule has 1 atom stereocenters. The summed E-state index contributed by atoms with van der Waals surface area (Å²) in [6.45, 7) is 4.79. The number of nitrogens with zero attached hydrogens (tertiary/aromatic N) is 1. The highest BCUT2D eigenvalue weighted by Gasteiger charge is 2.26. The monoisotopic (exact) mass is 298 g/mol. The van der Waals surface area contributed by atoms with Gasteiger partial charge in [-0.3, -0.25) is 0 Å². The van der Waals surface area contributed by atoms with E-state index in [9.17, 15) is 12.8 Å². The van der Waals surface area contributed by atoms with Gasteiger partial charge < -0.3 is 4.52 Å². The van der Waals surface area contributed by atoms with Crippen molar-refractivity contribution in [3.63, 3.8) is 0 Å². The highest BCUT2D eigenvalue weighted by atomic mass is 32.2. The summed E-state index contributed by atoms with van der Waals surface area (Å²) in [4.78, 5) is 0.0476. The molecule has 0 fully saturated rings. The van der Waals surface area contributed by atoms with Crippen molar-refractivity contribution in [2.75, 3.05) is 0 Å². The van der Waals surface area contributed by atoms with Crippen LogP contribution < -0.4 is 4.72 Å². The summed E-state index contributed by atoms with van der Waals surface area (Å²) in [6, 6.07) is 5.16. The zero-order chi connectivity index (χ0) is 14.9. The molecule has 0 saturated heterocycles. The van der Waals surface area contributed by atoms with E-state index in [1.54, 1.807) is 13.8 Å². The molecule has 1 N–H and O–H groups in total. The molecule has 0 aliphatic carbocycles. The maximum atomic E-state index is 12.9. The quantitative estimate of drug-likeness (QED) is 0.941. The molecule has 20 heavy (non-hydrogen) atoms. The van der Waals surface area contributed by atoms with Gasteiger partial charge in [0.1, 0.15) is 16.4 Å². The van der Waals surface area contributed by atoms with Gasteiger partial charge in [-0.2, -0.15) is 0 Å². The van der Waals surface area contributed by atoms with Gasteiger partial charge in [0.05, 0.1) is 0 Å². The Labute approximate surface area is 116 Å². The van der Waals surface area contributed by atoms with Crippen LogP contribution in [0, 0.1) is 19.7 Å². The highest BCUT2D eigenvalue weighted by Crippen LogP contribution is 2.22. The average Bonchev–Trinajstić information content (AvgIpc) is 2.69. The van der Waals surface area contributed by atoms with E-state index in [2.05, 4.69) is 9.88 Å². The standard InChI is InChI=1S/C13H15FN2O3S/c1-8(11-4-6-12(14)7-5-11)16-20(17,18)13-9(2)15-19-10(13)3/h4-8,16H,1-3H3. The average molecular weight is 298 g/mol. The number of sulfonamides is 1. The first-order valence-electron chi connectivity index (χ1n) is 6.02. The molecule has 1 unspecified atom stereocenters. The normalized spacial score (nSPS) is 13.4. The SMILES string of the molecule is Cc1noc(C)c1S(=O)(=O)NC(C)c1ccc(F)cc1. The zero-order valence-corrected chi connectivity index (χ0v) is 12.2. The Kier molecular flexibility index (Phi) is 3.92. The summed E-state index contributed by atoms with van der Waals surface area (Å²) in [5, 5.41) is 3.63. The maximum absolute atomic E-state index is 12.9. The van der Waals surface area contributed by atoms with E-state index in [1.165, 1.54) is 31.2 Å². The first-order chi connectivity index (χ1) is 9.31. The van der Waals surface area contributed by atoms with Crippen molar-refractivity contribution in [1.29, 1.82) is 0 Å². The number of nitrogens with one attached hydrogen (secondary N) is 1. The van der Waals surface area contributed by atoms with Crippen LogP contribution in [0.2, 0.25) is 0 Å². The van der Waals surface area contributed by atoms with Crippen molar-refractivity contribution in [2.45, 2.75) is 31.7 Å². The van der Waals surface area contributed by atoms with Gasteiger partial charge in [-0.1, -0.05) is 17.3 Å². The third-order valence-electron chi connectivity index (χ3n) is 2.94. The van der Waals surface area contributed by atoms with Gasteiger partial charge >= 0.3 is 0 Å². The van der Waals surface area contributed by atoms with Crippen molar-refractivity contribution in [2.24, 2.45) is 0 Å². The van der Waals surface area contributed by atoms with Crippen molar-refractivity contribution in [3.8, 4) is 0 Å². The number of benzene rings is 1. The molecule has 108 valence electrons. The van der Waals surface area contributed by atoms with Gasteiger partial charge in [0, 0.05) is 6.04 Å². The lowest BCUT2D eigenvalue weighted by molar-refractivity contribution is 0.390. The molecular formula is C13H15FN2O3S. The maximum Gasteiger partial charge on any atom is 0.246 e. The smallest absolute Gasteiger partial charge is 0.246 e. The van der Waals surface area contributed by atoms with Gasteiger partial charge in [-0.05, 0) is 38.5 Å². The predicted octanol–water partition coefficient (Wildman–Crippen LogP) is 2.47. The van der Waals surface area contributed by atoms with Gasteiger partial charge in [0.2, 0.25) is 10.0 Å². The summed E-state index contributed by atoms with van der Waals surface area (Å²) in [5.41, 5.74) is 0.975. The van der Waals surface area contributed by atoms with Gasteiger partial charge in [0.25, 0.3) is 0 Å². The molecule has 0 aliphatic heterocycles. The van der Waals surface area contributed by atoms with Crippen LogP contribution >= 0.6 is 0 Å². The molecule has 0 bridgehead atoms. The van der Waals surface area contributed by atoms with Crippen LogP contribution in [0.4, 0.5) is 4.39 Å². The minimum Gasteiger partial charge on any atom is -0.360 e. The minimum atomic E-state index is -3.74. The molecule has 1 aromatic carbocycles. The molecule has 5 nitrogen and oxygen atoms in total. The lowest BCUT2D eigenvalue weighted by Crippen LogP contribution is -2.27. The van der Waals surface area contributed by atoms with Crippen LogP contribution in [0.25, 0.3) is 0 Å². The second kappa shape index (κ2) is 5.34. The fourth-order valence-electron chi connectivity index (χ4n) is 1.97. The second-order valence-corrected chi connectivity index (χ2v) is 6.20. The molecule has 1 aromatic heterocycles. The van der Waals surface area contributed by atoms with Gasteiger partial charge in [-0.15, -0.1) is 0 Å². The van der Waals surface area contributed by atoms with E-state index >= 15 is 0 Å². The number of aryl methyl sites for hydroxylation is 2. The van der Waals surface area contributed by atoms with Crippen LogP contribution in [-0.4, -0.2) is 13.6 Å². The fraction of sp³-hybridized carbons (Fsp3) is 0.308. The summed E-state index contributed by atoms with van der Waals surface area (Å²) in [6.07, 6.45) is 0. The van der Waals surface area contributed by atoms with Crippen LogP contribution in [0.3, 0.4) is 0 Å². The number of rotatable bonds is 4. The molecule has 7 heteroatoms. The molecule has 2 rings (SSSR count). The van der Waals surface area contributed by atoms with Gasteiger partial charge in [-0.25, -0.2) is 17.5 Å². The Morgan fingerprint density at radius 3 is 2.35 bits per heavy atom. The van der Waals surface area contributed by atoms with E-state index in [1.807, 2.05) is 0 Å². The molecule has 0 spiro atoms. The summed E-state index contributed by atoms with van der Waals surface area (Å²) >= 11 is 0. The number of hydrogen-bond acceptors (Lipinski definition) is 4. The Morgan fingerprint density at radius 2 is 1.85 bits per heavy atom. The molecule has 1 heterocycles.